The molecule has 0 aromatic carbocycles. The molecule has 0 aliphatic heterocycles. The first-order chi connectivity index (χ1) is 17.3. The highest BCUT2D eigenvalue weighted by molar-refractivity contribution is 5.75. The maximum atomic E-state index is 12.4. The standard InChI is InChI=1S/C32H60O4/c1-7-25(3)23-27(5)15-11-9-13-21-35-31(33)29-17-19-30(20-18-29)32(34)36-22-14-10-12-16-28(6)24-26(4)8-2/h25-30H,7-24H2,1-6H3. The van der Waals surface area contributed by atoms with Gasteiger partial charge in [-0.3, -0.25) is 9.59 Å². The highest BCUT2D eigenvalue weighted by Gasteiger charge is 2.31. The summed E-state index contributed by atoms with van der Waals surface area (Å²) in [7, 11) is 0. The van der Waals surface area contributed by atoms with Crippen LogP contribution < -0.4 is 0 Å². The summed E-state index contributed by atoms with van der Waals surface area (Å²) in [6, 6.07) is 0. The minimum absolute atomic E-state index is 0.0398. The first-order valence-electron chi connectivity index (χ1n) is 15.6. The number of hydrogen-bond acceptors (Lipinski definition) is 4. The lowest BCUT2D eigenvalue weighted by Crippen LogP contribution is -2.28. The normalized spacial score (nSPS) is 21.4. The highest BCUT2D eigenvalue weighted by Crippen LogP contribution is 2.30. The van der Waals surface area contributed by atoms with E-state index in [9.17, 15) is 9.59 Å². The van der Waals surface area contributed by atoms with Crippen LogP contribution in [0.4, 0.5) is 0 Å². The number of rotatable bonds is 20. The Balaban J connectivity index is 2.05. The largest absolute Gasteiger partial charge is 0.465 e. The van der Waals surface area contributed by atoms with Gasteiger partial charge in [-0.25, -0.2) is 0 Å². The predicted octanol–water partition coefficient (Wildman–Crippen LogP) is 9.14. The molecule has 0 bridgehead atoms. The van der Waals surface area contributed by atoms with Crippen molar-refractivity contribution in [3.05, 3.63) is 0 Å². The minimum Gasteiger partial charge on any atom is -0.465 e. The van der Waals surface area contributed by atoms with Gasteiger partial charge in [-0.2, -0.15) is 0 Å². The van der Waals surface area contributed by atoms with Crippen LogP contribution in [-0.2, 0) is 19.1 Å². The Kier molecular flexibility index (Phi) is 18.3. The van der Waals surface area contributed by atoms with Crippen LogP contribution in [-0.4, -0.2) is 25.2 Å². The van der Waals surface area contributed by atoms with E-state index in [1.165, 1.54) is 51.4 Å². The third-order valence-electron chi connectivity index (χ3n) is 8.57. The molecule has 0 spiro atoms. The van der Waals surface area contributed by atoms with Crippen LogP contribution >= 0.6 is 0 Å². The average Bonchev–Trinajstić information content (AvgIpc) is 2.87. The van der Waals surface area contributed by atoms with Gasteiger partial charge in [-0.05, 0) is 75.0 Å². The van der Waals surface area contributed by atoms with Crippen molar-refractivity contribution < 1.29 is 19.1 Å². The van der Waals surface area contributed by atoms with Gasteiger partial charge in [0.05, 0.1) is 25.0 Å². The van der Waals surface area contributed by atoms with Gasteiger partial charge >= 0.3 is 11.9 Å². The summed E-state index contributed by atoms with van der Waals surface area (Å²) in [6.07, 6.45) is 17.3. The van der Waals surface area contributed by atoms with E-state index in [4.69, 9.17) is 9.47 Å². The summed E-state index contributed by atoms with van der Waals surface area (Å²) >= 11 is 0. The Hall–Kier alpha value is -1.06. The maximum absolute atomic E-state index is 12.4. The molecule has 4 atom stereocenters. The topological polar surface area (TPSA) is 52.6 Å². The molecule has 1 saturated carbocycles. The molecule has 212 valence electrons. The molecule has 0 saturated heterocycles. The first kappa shape index (κ1) is 33.0. The lowest BCUT2D eigenvalue weighted by atomic mass is 9.82. The van der Waals surface area contributed by atoms with Crippen molar-refractivity contribution in [1.29, 1.82) is 0 Å². The fraction of sp³-hybridized carbons (Fsp3) is 0.938. The molecular weight excluding hydrogens is 448 g/mol. The zero-order valence-corrected chi connectivity index (χ0v) is 24.8. The lowest BCUT2D eigenvalue weighted by molar-refractivity contribution is -0.155. The van der Waals surface area contributed by atoms with Crippen LogP contribution in [0.3, 0.4) is 0 Å². The predicted molar refractivity (Wildman–Crippen MR) is 151 cm³/mol. The van der Waals surface area contributed by atoms with Crippen LogP contribution in [0.1, 0.15) is 144 Å². The third kappa shape index (κ3) is 15.3. The fourth-order valence-electron chi connectivity index (χ4n) is 5.63. The average molecular weight is 509 g/mol. The summed E-state index contributed by atoms with van der Waals surface area (Å²) in [4.78, 5) is 24.9. The van der Waals surface area contributed by atoms with E-state index in [0.717, 1.165) is 75.0 Å². The molecule has 0 aromatic rings. The zero-order valence-electron chi connectivity index (χ0n) is 24.8. The molecule has 4 nitrogen and oxygen atoms in total. The van der Waals surface area contributed by atoms with Crippen molar-refractivity contribution in [1.82, 2.24) is 0 Å². The first-order valence-corrected chi connectivity index (χ1v) is 15.6. The van der Waals surface area contributed by atoms with Crippen LogP contribution in [0.2, 0.25) is 0 Å². The van der Waals surface area contributed by atoms with E-state index in [2.05, 4.69) is 41.5 Å². The molecule has 0 N–H and O–H groups in total. The van der Waals surface area contributed by atoms with Gasteiger partial charge in [0.15, 0.2) is 0 Å². The second-order valence-corrected chi connectivity index (χ2v) is 12.3. The van der Waals surface area contributed by atoms with E-state index in [0.29, 0.717) is 13.2 Å². The quantitative estimate of drug-likeness (QED) is 0.121. The Morgan fingerprint density at radius 1 is 0.583 bits per heavy atom. The van der Waals surface area contributed by atoms with E-state index in [1.807, 2.05) is 0 Å². The Morgan fingerprint density at radius 2 is 0.944 bits per heavy atom. The third-order valence-corrected chi connectivity index (χ3v) is 8.57. The molecular formula is C32H60O4. The summed E-state index contributed by atoms with van der Waals surface area (Å²) in [5, 5.41) is 0. The Labute approximate surface area is 224 Å². The molecule has 4 unspecified atom stereocenters. The van der Waals surface area contributed by atoms with Crippen molar-refractivity contribution in [3.8, 4) is 0 Å². The SMILES string of the molecule is CCC(C)CC(C)CCCCCOC(=O)C1CCC(C(=O)OCCCCCC(C)CC(C)CC)CC1. The fourth-order valence-corrected chi connectivity index (χ4v) is 5.63. The van der Waals surface area contributed by atoms with Gasteiger partial charge in [0.25, 0.3) is 0 Å². The summed E-state index contributed by atoms with van der Waals surface area (Å²) in [5.41, 5.74) is 0. The number of carbonyl (C=O) groups excluding carboxylic acids is 2. The smallest absolute Gasteiger partial charge is 0.308 e. The lowest BCUT2D eigenvalue weighted by Gasteiger charge is -2.26. The maximum Gasteiger partial charge on any atom is 0.308 e. The Morgan fingerprint density at radius 3 is 1.28 bits per heavy atom. The molecule has 1 fully saturated rings. The monoisotopic (exact) mass is 508 g/mol. The van der Waals surface area contributed by atoms with Gasteiger partial charge in [-0.15, -0.1) is 0 Å². The molecule has 0 amide bonds. The second-order valence-electron chi connectivity index (χ2n) is 12.3. The molecule has 0 aromatic heterocycles. The van der Waals surface area contributed by atoms with E-state index in [1.54, 1.807) is 0 Å². The van der Waals surface area contributed by atoms with Crippen molar-refractivity contribution in [2.75, 3.05) is 13.2 Å². The molecule has 36 heavy (non-hydrogen) atoms. The summed E-state index contributed by atoms with van der Waals surface area (Å²) < 4.78 is 11.1. The van der Waals surface area contributed by atoms with Crippen LogP contribution in [0.25, 0.3) is 0 Å². The molecule has 1 aliphatic rings. The summed E-state index contributed by atoms with van der Waals surface area (Å²) in [6.45, 7) is 15.0. The number of ether oxygens (including phenoxy) is 2. The van der Waals surface area contributed by atoms with Crippen LogP contribution in [0.5, 0.6) is 0 Å². The second kappa shape index (κ2) is 20.0. The number of unbranched alkanes of at least 4 members (excludes halogenated alkanes) is 4. The van der Waals surface area contributed by atoms with Crippen molar-refractivity contribution in [2.24, 2.45) is 35.5 Å². The highest BCUT2D eigenvalue weighted by atomic mass is 16.5. The number of esters is 2. The van der Waals surface area contributed by atoms with Crippen molar-refractivity contribution >= 4 is 11.9 Å². The minimum atomic E-state index is -0.0606. The van der Waals surface area contributed by atoms with E-state index >= 15 is 0 Å². The van der Waals surface area contributed by atoms with Gasteiger partial charge < -0.3 is 9.47 Å². The molecule has 0 radical (unpaired) electrons. The van der Waals surface area contributed by atoms with Gasteiger partial charge in [0.2, 0.25) is 0 Å². The zero-order chi connectivity index (χ0) is 26.8. The molecule has 0 heterocycles. The number of hydrogen-bond donors (Lipinski definition) is 0. The van der Waals surface area contributed by atoms with Gasteiger partial charge in [0, 0.05) is 0 Å². The van der Waals surface area contributed by atoms with E-state index < -0.39 is 0 Å². The number of carbonyl (C=O) groups is 2. The van der Waals surface area contributed by atoms with Crippen LogP contribution in [0, 0.1) is 35.5 Å². The molecule has 1 aliphatic carbocycles. The molecule has 1 rings (SSSR count). The summed E-state index contributed by atoms with van der Waals surface area (Å²) in [5.74, 6) is 3.02. The Bertz CT molecular complexity index is 517. The van der Waals surface area contributed by atoms with Crippen molar-refractivity contribution in [2.45, 2.75) is 144 Å². The van der Waals surface area contributed by atoms with Gasteiger partial charge in [-0.1, -0.05) is 92.9 Å². The molecule has 4 heteroatoms. The van der Waals surface area contributed by atoms with E-state index in [-0.39, 0.29) is 23.8 Å². The van der Waals surface area contributed by atoms with Gasteiger partial charge in [0.1, 0.15) is 0 Å². The van der Waals surface area contributed by atoms with Crippen molar-refractivity contribution in [3.63, 3.8) is 0 Å². The van der Waals surface area contributed by atoms with Crippen LogP contribution in [0.15, 0.2) is 0 Å².